The topological polar surface area (TPSA) is 30.3 Å². The SMILES string of the molecule is Cc1nc2ccccc2n1CCCN1CCOCC1. The van der Waals surface area contributed by atoms with Gasteiger partial charge in [0.2, 0.25) is 0 Å². The van der Waals surface area contributed by atoms with E-state index in [1.807, 2.05) is 6.07 Å². The number of nitrogens with zero attached hydrogens (tertiary/aromatic N) is 3. The fourth-order valence-corrected chi connectivity index (χ4v) is 2.76. The molecular weight excluding hydrogens is 238 g/mol. The number of aromatic nitrogens is 2. The highest BCUT2D eigenvalue weighted by Gasteiger charge is 2.11. The average molecular weight is 259 g/mol. The summed E-state index contributed by atoms with van der Waals surface area (Å²) in [4.78, 5) is 7.09. The lowest BCUT2D eigenvalue weighted by Crippen LogP contribution is -2.37. The molecule has 0 spiro atoms. The summed E-state index contributed by atoms with van der Waals surface area (Å²) in [6, 6.07) is 8.37. The van der Waals surface area contributed by atoms with Crippen LogP contribution in [-0.4, -0.2) is 47.3 Å². The second-order valence-electron chi connectivity index (χ2n) is 5.11. The van der Waals surface area contributed by atoms with Crippen molar-refractivity contribution in [3.8, 4) is 0 Å². The van der Waals surface area contributed by atoms with Crippen LogP contribution in [0.15, 0.2) is 24.3 Å². The Labute approximate surface area is 114 Å². The van der Waals surface area contributed by atoms with Crippen molar-refractivity contribution in [3.05, 3.63) is 30.1 Å². The van der Waals surface area contributed by atoms with E-state index >= 15 is 0 Å². The molecule has 0 amide bonds. The van der Waals surface area contributed by atoms with Gasteiger partial charge in [-0.15, -0.1) is 0 Å². The van der Waals surface area contributed by atoms with Crippen LogP contribution in [0.2, 0.25) is 0 Å². The maximum atomic E-state index is 5.37. The molecule has 19 heavy (non-hydrogen) atoms. The minimum absolute atomic E-state index is 0.882. The highest BCUT2D eigenvalue weighted by Crippen LogP contribution is 2.15. The molecule has 102 valence electrons. The van der Waals surface area contributed by atoms with Gasteiger partial charge in [0.15, 0.2) is 0 Å². The van der Waals surface area contributed by atoms with E-state index in [4.69, 9.17) is 4.74 Å². The Hall–Kier alpha value is -1.39. The lowest BCUT2D eigenvalue weighted by Gasteiger charge is -2.26. The molecule has 1 aromatic heterocycles. The van der Waals surface area contributed by atoms with Crippen LogP contribution in [0.25, 0.3) is 11.0 Å². The third-order valence-electron chi connectivity index (χ3n) is 3.81. The van der Waals surface area contributed by atoms with Crippen LogP contribution < -0.4 is 0 Å². The second kappa shape index (κ2) is 5.72. The smallest absolute Gasteiger partial charge is 0.106 e. The zero-order chi connectivity index (χ0) is 13.1. The molecule has 1 aliphatic rings. The number of hydrogen-bond donors (Lipinski definition) is 0. The van der Waals surface area contributed by atoms with E-state index in [2.05, 4.69) is 39.6 Å². The van der Waals surface area contributed by atoms with Crippen LogP contribution in [0.4, 0.5) is 0 Å². The van der Waals surface area contributed by atoms with Crippen molar-refractivity contribution in [1.29, 1.82) is 0 Å². The molecule has 2 aromatic rings. The van der Waals surface area contributed by atoms with Crippen molar-refractivity contribution in [2.45, 2.75) is 19.9 Å². The summed E-state index contributed by atoms with van der Waals surface area (Å²) in [6.45, 7) is 8.20. The first-order chi connectivity index (χ1) is 9.34. The monoisotopic (exact) mass is 259 g/mol. The summed E-state index contributed by atoms with van der Waals surface area (Å²) in [5.74, 6) is 1.11. The van der Waals surface area contributed by atoms with Crippen molar-refractivity contribution >= 4 is 11.0 Å². The van der Waals surface area contributed by atoms with Crippen molar-refractivity contribution in [2.24, 2.45) is 0 Å². The molecule has 1 aromatic carbocycles. The first-order valence-corrected chi connectivity index (χ1v) is 7.06. The number of para-hydroxylation sites is 2. The van der Waals surface area contributed by atoms with Crippen molar-refractivity contribution in [2.75, 3.05) is 32.8 Å². The van der Waals surface area contributed by atoms with Gasteiger partial charge in [-0.3, -0.25) is 4.90 Å². The minimum Gasteiger partial charge on any atom is -0.379 e. The molecule has 4 nitrogen and oxygen atoms in total. The standard InChI is InChI=1S/C15H21N3O/c1-13-16-14-5-2-3-6-15(14)18(13)8-4-7-17-9-11-19-12-10-17/h2-3,5-6H,4,7-12H2,1H3. The normalized spacial score (nSPS) is 17.1. The van der Waals surface area contributed by atoms with E-state index in [1.54, 1.807) is 0 Å². The number of benzene rings is 1. The number of morpholine rings is 1. The highest BCUT2D eigenvalue weighted by atomic mass is 16.5. The molecule has 0 saturated carbocycles. The van der Waals surface area contributed by atoms with Crippen LogP contribution in [0.1, 0.15) is 12.2 Å². The van der Waals surface area contributed by atoms with Crippen LogP contribution in [-0.2, 0) is 11.3 Å². The summed E-state index contributed by atoms with van der Waals surface area (Å²) in [6.07, 6.45) is 1.17. The van der Waals surface area contributed by atoms with Gasteiger partial charge in [0, 0.05) is 26.2 Å². The molecule has 3 rings (SSSR count). The minimum atomic E-state index is 0.882. The third kappa shape index (κ3) is 2.80. The largest absolute Gasteiger partial charge is 0.379 e. The highest BCUT2D eigenvalue weighted by molar-refractivity contribution is 5.75. The number of ether oxygens (including phenoxy) is 1. The molecule has 2 heterocycles. The summed E-state index contributed by atoms with van der Waals surface area (Å²) in [5, 5.41) is 0. The molecular formula is C15H21N3O. The van der Waals surface area contributed by atoms with Gasteiger partial charge < -0.3 is 9.30 Å². The third-order valence-corrected chi connectivity index (χ3v) is 3.81. The Kier molecular flexibility index (Phi) is 3.80. The molecule has 1 fully saturated rings. The Morgan fingerprint density at radius 2 is 1.95 bits per heavy atom. The number of aryl methyl sites for hydroxylation is 2. The van der Waals surface area contributed by atoms with Gasteiger partial charge in [-0.2, -0.15) is 0 Å². The number of imidazole rings is 1. The Balaban J connectivity index is 1.63. The summed E-state index contributed by atoms with van der Waals surface area (Å²) in [7, 11) is 0. The maximum Gasteiger partial charge on any atom is 0.106 e. The van der Waals surface area contributed by atoms with Gasteiger partial charge in [-0.1, -0.05) is 12.1 Å². The number of fused-ring (bicyclic) bond motifs is 1. The van der Waals surface area contributed by atoms with Gasteiger partial charge in [0.05, 0.1) is 24.2 Å². The summed E-state index contributed by atoms with van der Waals surface area (Å²) >= 11 is 0. The summed E-state index contributed by atoms with van der Waals surface area (Å²) < 4.78 is 7.70. The molecule has 0 N–H and O–H groups in total. The van der Waals surface area contributed by atoms with E-state index in [9.17, 15) is 0 Å². The molecule has 1 aliphatic heterocycles. The Bertz CT molecular complexity index is 543. The average Bonchev–Trinajstić information content (AvgIpc) is 2.76. The fraction of sp³-hybridized carbons (Fsp3) is 0.533. The Morgan fingerprint density at radius 1 is 1.16 bits per heavy atom. The molecule has 0 aliphatic carbocycles. The fourth-order valence-electron chi connectivity index (χ4n) is 2.76. The predicted octanol–water partition coefficient (Wildman–Crippen LogP) is 2.07. The lowest BCUT2D eigenvalue weighted by atomic mass is 10.3. The van der Waals surface area contributed by atoms with Crippen molar-refractivity contribution < 1.29 is 4.74 Å². The first kappa shape index (κ1) is 12.6. The molecule has 0 atom stereocenters. The van der Waals surface area contributed by atoms with Gasteiger partial charge in [-0.05, 0) is 25.5 Å². The molecule has 1 saturated heterocycles. The Morgan fingerprint density at radius 3 is 2.79 bits per heavy atom. The molecule has 0 bridgehead atoms. The lowest BCUT2D eigenvalue weighted by molar-refractivity contribution is 0.0369. The van der Waals surface area contributed by atoms with Gasteiger partial charge in [-0.25, -0.2) is 4.98 Å². The van der Waals surface area contributed by atoms with Crippen LogP contribution in [0.5, 0.6) is 0 Å². The first-order valence-electron chi connectivity index (χ1n) is 7.06. The van der Waals surface area contributed by atoms with Crippen molar-refractivity contribution in [3.63, 3.8) is 0 Å². The van der Waals surface area contributed by atoms with E-state index in [-0.39, 0.29) is 0 Å². The maximum absolute atomic E-state index is 5.37. The van der Waals surface area contributed by atoms with Crippen LogP contribution in [0, 0.1) is 6.92 Å². The van der Waals surface area contributed by atoms with Gasteiger partial charge in [0.1, 0.15) is 5.82 Å². The van der Waals surface area contributed by atoms with Gasteiger partial charge >= 0.3 is 0 Å². The zero-order valence-corrected chi connectivity index (χ0v) is 11.5. The van der Waals surface area contributed by atoms with E-state index in [1.165, 1.54) is 11.9 Å². The summed E-state index contributed by atoms with van der Waals surface area (Å²) in [5.41, 5.74) is 2.35. The van der Waals surface area contributed by atoms with Crippen LogP contribution >= 0.6 is 0 Å². The number of hydrogen-bond acceptors (Lipinski definition) is 3. The second-order valence-corrected chi connectivity index (χ2v) is 5.11. The number of rotatable bonds is 4. The molecule has 4 heteroatoms. The van der Waals surface area contributed by atoms with Crippen LogP contribution in [0.3, 0.4) is 0 Å². The van der Waals surface area contributed by atoms with E-state index in [0.29, 0.717) is 0 Å². The molecule has 0 unspecified atom stereocenters. The van der Waals surface area contributed by atoms with Crippen molar-refractivity contribution in [1.82, 2.24) is 14.5 Å². The van der Waals surface area contributed by atoms with E-state index < -0.39 is 0 Å². The quantitative estimate of drug-likeness (QED) is 0.842. The van der Waals surface area contributed by atoms with Gasteiger partial charge in [0.25, 0.3) is 0 Å². The van der Waals surface area contributed by atoms with E-state index in [0.717, 1.165) is 50.7 Å². The molecule has 0 radical (unpaired) electrons. The zero-order valence-electron chi connectivity index (χ0n) is 11.5. The predicted molar refractivity (Wildman–Crippen MR) is 76.3 cm³/mol.